The molecule has 5 heteroatoms. The molecule has 1 aromatic heterocycles. The van der Waals surface area contributed by atoms with Crippen molar-refractivity contribution in [3.05, 3.63) is 71.3 Å². The number of nitrogens with zero attached hydrogens (tertiary/aromatic N) is 1. The Morgan fingerprint density at radius 1 is 1.23 bits per heavy atom. The highest BCUT2D eigenvalue weighted by Gasteiger charge is 2.05. The fourth-order valence-electron chi connectivity index (χ4n) is 2.23. The van der Waals surface area contributed by atoms with E-state index >= 15 is 0 Å². The number of aromatic nitrogens is 2. The van der Waals surface area contributed by atoms with Gasteiger partial charge in [-0.15, -0.1) is 0 Å². The molecule has 2 aromatic carbocycles. The summed E-state index contributed by atoms with van der Waals surface area (Å²) in [6.07, 6.45) is 3.23. The molecule has 2 N–H and O–H groups in total. The largest absolute Gasteiger partial charge is 0.478 e. The van der Waals surface area contributed by atoms with Crippen molar-refractivity contribution in [2.75, 3.05) is 0 Å². The van der Waals surface area contributed by atoms with Gasteiger partial charge < -0.3 is 10.1 Å². The fraction of sp³-hybridized carbons (Fsp3) is 0.0588. The zero-order chi connectivity index (χ0) is 15.5. The van der Waals surface area contributed by atoms with E-state index < -0.39 is 5.97 Å². The standard InChI is InChI=1S/C17H13FN2O2/c18-13-6-7-14-15(10-13)20-16(19-14)9-12-3-1-11(2-4-12)5-8-17(21)22/h1-8,10H,9H2,(H,19,20)(H,21,22). The minimum Gasteiger partial charge on any atom is -0.478 e. The smallest absolute Gasteiger partial charge is 0.328 e. The number of benzene rings is 2. The molecule has 0 unspecified atom stereocenters. The molecular weight excluding hydrogens is 283 g/mol. The maximum Gasteiger partial charge on any atom is 0.328 e. The molecule has 0 radical (unpaired) electrons. The average Bonchev–Trinajstić information content (AvgIpc) is 2.87. The van der Waals surface area contributed by atoms with Gasteiger partial charge in [0, 0.05) is 12.5 Å². The molecule has 110 valence electrons. The van der Waals surface area contributed by atoms with Crippen molar-refractivity contribution in [3.8, 4) is 0 Å². The van der Waals surface area contributed by atoms with Crippen molar-refractivity contribution >= 4 is 23.1 Å². The van der Waals surface area contributed by atoms with Gasteiger partial charge in [0.15, 0.2) is 0 Å². The summed E-state index contributed by atoms with van der Waals surface area (Å²) in [6.45, 7) is 0. The Bertz CT molecular complexity index is 851. The predicted octanol–water partition coefficient (Wildman–Crippen LogP) is 3.39. The number of imidazole rings is 1. The van der Waals surface area contributed by atoms with Crippen LogP contribution in [0, 0.1) is 5.82 Å². The summed E-state index contributed by atoms with van der Waals surface area (Å²) in [5, 5.41) is 8.59. The highest BCUT2D eigenvalue weighted by atomic mass is 19.1. The minimum absolute atomic E-state index is 0.294. The molecule has 22 heavy (non-hydrogen) atoms. The van der Waals surface area contributed by atoms with Crippen LogP contribution in [0.5, 0.6) is 0 Å². The zero-order valence-electron chi connectivity index (χ0n) is 11.6. The van der Waals surface area contributed by atoms with Crippen molar-refractivity contribution in [3.63, 3.8) is 0 Å². The lowest BCUT2D eigenvalue weighted by Crippen LogP contribution is -1.91. The number of hydrogen-bond acceptors (Lipinski definition) is 2. The molecule has 3 rings (SSSR count). The second-order valence-electron chi connectivity index (χ2n) is 4.93. The van der Waals surface area contributed by atoms with E-state index in [-0.39, 0.29) is 5.82 Å². The van der Waals surface area contributed by atoms with Gasteiger partial charge in [-0.2, -0.15) is 0 Å². The average molecular weight is 296 g/mol. The van der Waals surface area contributed by atoms with E-state index in [1.807, 2.05) is 24.3 Å². The van der Waals surface area contributed by atoms with E-state index in [1.54, 1.807) is 6.07 Å². The second-order valence-corrected chi connectivity index (χ2v) is 4.93. The Labute approximate surface area is 125 Å². The minimum atomic E-state index is -0.974. The van der Waals surface area contributed by atoms with Crippen LogP contribution < -0.4 is 0 Å². The third kappa shape index (κ3) is 3.20. The van der Waals surface area contributed by atoms with Crippen LogP contribution in [0.1, 0.15) is 17.0 Å². The van der Waals surface area contributed by atoms with Gasteiger partial charge in [0.25, 0.3) is 0 Å². The van der Waals surface area contributed by atoms with Crippen molar-refractivity contribution in [1.82, 2.24) is 9.97 Å². The summed E-state index contributed by atoms with van der Waals surface area (Å²) >= 11 is 0. The lowest BCUT2D eigenvalue weighted by molar-refractivity contribution is -0.131. The van der Waals surface area contributed by atoms with Crippen molar-refractivity contribution in [2.24, 2.45) is 0 Å². The van der Waals surface area contributed by atoms with E-state index in [4.69, 9.17) is 5.11 Å². The maximum atomic E-state index is 13.2. The number of carboxylic acid groups (broad SMARTS) is 1. The Balaban J connectivity index is 1.78. The molecular formula is C17H13FN2O2. The van der Waals surface area contributed by atoms with Crippen LogP contribution in [0.4, 0.5) is 4.39 Å². The number of hydrogen-bond donors (Lipinski definition) is 2. The van der Waals surface area contributed by atoms with E-state index in [2.05, 4.69) is 9.97 Å². The van der Waals surface area contributed by atoms with Crippen LogP contribution in [-0.4, -0.2) is 21.0 Å². The van der Waals surface area contributed by atoms with Gasteiger partial charge in [0.05, 0.1) is 11.0 Å². The van der Waals surface area contributed by atoms with Crippen molar-refractivity contribution in [2.45, 2.75) is 6.42 Å². The topological polar surface area (TPSA) is 66.0 Å². The molecule has 0 fully saturated rings. The highest BCUT2D eigenvalue weighted by Crippen LogP contribution is 2.16. The summed E-state index contributed by atoms with van der Waals surface area (Å²) in [5.74, 6) is -0.509. The molecule has 0 aliphatic carbocycles. The van der Waals surface area contributed by atoms with Crippen molar-refractivity contribution < 1.29 is 14.3 Å². The third-order valence-electron chi connectivity index (χ3n) is 3.26. The monoisotopic (exact) mass is 296 g/mol. The fourth-order valence-corrected chi connectivity index (χ4v) is 2.23. The number of carbonyl (C=O) groups is 1. The van der Waals surface area contributed by atoms with E-state index in [1.165, 1.54) is 18.2 Å². The first kappa shape index (κ1) is 14.0. The summed E-state index contributed by atoms with van der Waals surface area (Å²) in [5.41, 5.74) is 3.26. The highest BCUT2D eigenvalue weighted by molar-refractivity contribution is 5.85. The molecule has 0 saturated heterocycles. The molecule has 0 atom stereocenters. The predicted molar refractivity (Wildman–Crippen MR) is 82.0 cm³/mol. The van der Waals surface area contributed by atoms with Crippen LogP contribution in [0.15, 0.2) is 48.5 Å². The van der Waals surface area contributed by atoms with Gasteiger partial charge in [-0.05, 0) is 35.4 Å². The van der Waals surface area contributed by atoms with Crippen LogP contribution in [-0.2, 0) is 11.2 Å². The normalized spacial score (nSPS) is 11.3. The molecule has 3 aromatic rings. The number of halogens is 1. The molecule has 4 nitrogen and oxygen atoms in total. The Kier molecular flexibility index (Phi) is 3.70. The Morgan fingerprint density at radius 2 is 2.00 bits per heavy atom. The van der Waals surface area contributed by atoms with Crippen LogP contribution in [0.2, 0.25) is 0 Å². The van der Waals surface area contributed by atoms with Crippen LogP contribution >= 0.6 is 0 Å². The lowest BCUT2D eigenvalue weighted by atomic mass is 10.1. The van der Waals surface area contributed by atoms with Gasteiger partial charge >= 0.3 is 5.97 Å². The number of aromatic amines is 1. The van der Waals surface area contributed by atoms with Crippen molar-refractivity contribution in [1.29, 1.82) is 0 Å². The van der Waals surface area contributed by atoms with Gasteiger partial charge in [-0.25, -0.2) is 14.2 Å². The van der Waals surface area contributed by atoms with Gasteiger partial charge in [-0.1, -0.05) is 24.3 Å². The maximum absolute atomic E-state index is 13.2. The van der Waals surface area contributed by atoms with E-state index in [0.29, 0.717) is 11.9 Å². The number of aliphatic carboxylic acids is 1. The third-order valence-corrected chi connectivity index (χ3v) is 3.26. The quantitative estimate of drug-likeness (QED) is 0.725. The Hall–Kier alpha value is -2.95. The Morgan fingerprint density at radius 3 is 2.73 bits per heavy atom. The van der Waals surface area contributed by atoms with Gasteiger partial charge in [0.1, 0.15) is 11.6 Å². The van der Waals surface area contributed by atoms with Gasteiger partial charge in [-0.3, -0.25) is 0 Å². The molecule has 0 aliphatic rings. The number of H-pyrrole nitrogens is 1. The first-order chi connectivity index (χ1) is 10.6. The van der Waals surface area contributed by atoms with E-state index in [0.717, 1.165) is 28.5 Å². The number of fused-ring (bicyclic) bond motifs is 1. The molecule has 0 aliphatic heterocycles. The van der Waals surface area contributed by atoms with Crippen LogP contribution in [0.3, 0.4) is 0 Å². The number of nitrogens with one attached hydrogen (secondary N) is 1. The van der Waals surface area contributed by atoms with Crippen LogP contribution in [0.25, 0.3) is 17.1 Å². The summed E-state index contributed by atoms with van der Waals surface area (Å²) in [4.78, 5) is 18.0. The van der Waals surface area contributed by atoms with E-state index in [9.17, 15) is 9.18 Å². The SMILES string of the molecule is O=C(O)C=Cc1ccc(Cc2nc3ccc(F)cc3[nH]2)cc1. The molecule has 0 spiro atoms. The molecule has 1 heterocycles. The summed E-state index contributed by atoms with van der Waals surface area (Å²) in [6, 6.07) is 12.0. The zero-order valence-corrected chi connectivity index (χ0v) is 11.6. The molecule has 0 saturated carbocycles. The number of carboxylic acids is 1. The first-order valence-electron chi connectivity index (χ1n) is 6.74. The number of rotatable bonds is 4. The molecule has 0 bridgehead atoms. The second kappa shape index (κ2) is 5.81. The molecule has 0 amide bonds. The van der Waals surface area contributed by atoms with Gasteiger partial charge in [0.2, 0.25) is 0 Å². The lowest BCUT2D eigenvalue weighted by Gasteiger charge is -1.99. The first-order valence-corrected chi connectivity index (χ1v) is 6.74. The summed E-state index contributed by atoms with van der Waals surface area (Å²) < 4.78 is 13.2. The summed E-state index contributed by atoms with van der Waals surface area (Å²) in [7, 11) is 0.